The van der Waals surface area contributed by atoms with Crippen molar-refractivity contribution in [2.24, 2.45) is 0 Å². The normalized spacial score (nSPS) is 10.6. The average Bonchev–Trinajstić information content (AvgIpc) is 3.00. The fraction of sp³-hybridized carbons (Fsp3) is 1.00. The fourth-order valence-corrected chi connectivity index (χ4v) is 11.3. The number of hydrogen-bond acceptors (Lipinski definition) is 0. The molecule has 0 bridgehead atoms. The smallest absolute Gasteiger partial charge is 0.261 e. The van der Waals surface area contributed by atoms with Gasteiger partial charge in [0.15, 0.2) is 0 Å². The van der Waals surface area contributed by atoms with E-state index in [0.29, 0.717) is 0 Å². The molecule has 0 spiro atoms. The topological polar surface area (TPSA) is 0 Å². The van der Waals surface area contributed by atoms with Crippen LogP contribution >= 0.6 is 0 Å². The fourth-order valence-electron chi connectivity index (χ4n) is 6.36. The van der Waals surface area contributed by atoms with Gasteiger partial charge >= 0.3 is 117 Å². The van der Waals surface area contributed by atoms with E-state index in [-0.39, 0.29) is 24.0 Å². The Morgan fingerprint density at radius 2 is 0.488 bits per heavy atom. The van der Waals surface area contributed by atoms with E-state index in [1.54, 1.807) is 45.7 Å². The van der Waals surface area contributed by atoms with Crippen LogP contribution in [-0.4, -0.2) is 29.4 Å². The van der Waals surface area contributed by atoms with Crippen molar-refractivity contribution in [2.45, 2.75) is 254 Å². The minimum atomic E-state index is -0.410. The van der Waals surface area contributed by atoms with Gasteiger partial charge in [-0.25, -0.2) is 0 Å². The van der Waals surface area contributed by atoms with E-state index in [2.05, 4.69) is 34.6 Å². The molecule has 0 heterocycles. The average molecular weight is 747 g/mol. The summed E-state index contributed by atoms with van der Waals surface area (Å²) < 4.78 is 0. The molecule has 0 rings (SSSR count). The van der Waals surface area contributed by atoms with Crippen LogP contribution in [0.4, 0.5) is 0 Å². The van der Waals surface area contributed by atoms with Crippen molar-refractivity contribution >= 4 is 29.4 Å². The summed E-state index contributed by atoms with van der Waals surface area (Å²) in [7, 11) is 0. The van der Waals surface area contributed by atoms with Crippen LogP contribution in [-0.2, 0) is 0 Å². The predicted octanol–water partition coefficient (Wildman–Crippen LogP) is 12.8. The van der Waals surface area contributed by atoms with Crippen LogP contribution in [0.25, 0.3) is 0 Å². The molecule has 0 aromatic carbocycles. The number of hydrogen-bond donors (Lipinski definition) is 0. The van der Waals surface area contributed by atoms with Crippen molar-refractivity contribution in [3.63, 3.8) is 0 Å². The standard InChI is InChI=1S/5C8H17.2Al.HI/c5*1-3-5-7-8-6-4-2;;;/h5*1,3-8H2,2H3;;;1H/q;;;;;;+1;/p-1. The molecule has 0 saturated heterocycles. The van der Waals surface area contributed by atoms with Gasteiger partial charge in [0, 0.05) is 0 Å². The number of unbranched alkanes of at least 4 members (excludes halogenated alkanes) is 25. The zero-order valence-electron chi connectivity index (χ0n) is 31.3. The van der Waals surface area contributed by atoms with E-state index in [9.17, 15) is 0 Å². The van der Waals surface area contributed by atoms with Gasteiger partial charge in [0.25, 0.3) is 14.1 Å². The van der Waals surface area contributed by atoms with Crippen molar-refractivity contribution in [2.75, 3.05) is 0 Å². The van der Waals surface area contributed by atoms with Gasteiger partial charge in [-0.05, 0) is 0 Å². The summed E-state index contributed by atoms with van der Waals surface area (Å²) in [4.78, 5) is 0. The molecule has 0 fully saturated rings. The molecule has 43 heavy (non-hydrogen) atoms. The maximum absolute atomic E-state index is 2.32. The summed E-state index contributed by atoms with van der Waals surface area (Å²) in [5, 5.41) is 8.13. The number of halogens is 1. The van der Waals surface area contributed by atoms with E-state index in [0.717, 1.165) is 15.2 Å². The van der Waals surface area contributed by atoms with E-state index in [1.807, 2.05) is 0 Å². The molecule has 0 aromatic rings. The van der Waals surface area contributed by atoms with Crippen LogP contribution in [0.15, 0.2) is 0 Å². The summed E-state index contributed by atoms with van der Waals surface area (Å²) in [5.41, 5.74) is 0. The molecule has 258 valence electrons. The van der Waals surface area contributed by atoms with Crippen molar-refractivity contribution < 1.29 is 24.0 Å². The zero-order chi connectivity index (χ0) is 31.0. The first-order valence-corrected chi connectivity index (χ1v) is 24.7. The van der Waals surface area contributed by atoms with Gasteiger partial charge in [-0.2, -0.15) is 0 Å². The molecule has 0 aliphatic carbocycles. The summed E-state index contributed by atoms with van der Waals surface area (Å²) >= 11 is 0.384. The second-order valence-electron chi connectivity index (χ2n) is 13.9. The molecule has 3 heteroatoms. The van der Waals surface area contributed by atoms with E-state index < -0.39 is 14.1 Å². The minimum absolute atomic E-state index is 0. The SMILES string of the molecule is CCCCCCC[CH2][Al+][CH2]CCCCCCC.CCCCCCC[CH2][Al]([CH2]CCCCCCC)[CH2]CCCCCCC.[I-]. The molecule has 0 N–H and O–H groups in total. The molecule has 0 nitrogen and oxygen atoms in total. The zero-order valence-corrected chi connectivity index (χ0v) is 35.7. The first kappa shape index (κ1) is 49.2. The molecule has 0 unspecified atom stereocenters. The van der Waals surface area contributed by atoms with Crippen molar-refractivity contribution in [1.29, 1.82) is 0 Å². The van der Waals surface area contributed by atoms with Crippen LogP contribution in [0.5, 0.6) is 0 Å². The Morgan fingerprint density at radius 3 is 0.744 bits per heavy atom. The Hall–Kier alpha value is 1.79. The van der Waals surface area contributed by atoms with E-state index in [4.69, 9.17) is 0 Å². The third-order valence-corrected chi connectivity index (χ3v) is 14.7. The van der Waals surface area contributed by atoms with Gasteiger partial charge in [-0.3, -0.25) is 0 Å². The van der Waals surface area contributed by atoms with Crippen LogP contribution in [0.2, 0.25) is 26.4 Å². The third-order valence-electron chi connectivity index (χ3n) is 9.42. The maximum atomic E-state index is 2.32. The molecule has 0 amide bonds. The Bertz CT molecular complexity index is 379. The third kappa shape index (κ3) is 48.3. The van der Waals surface area contributed by atoms with Crippen LogP contribution in [0, 0.1) is 0 Å². The van der Waals surface area contributed by atoms with Gasteiger partial charge in [0.05, 0.1) is 0 Å². The van der Waals surface area contributed by atoms with Crippen molar-refractivity contribution in [1.82, 2.24) is 0 Å². The Labute approximate surface area is 304 Å². The molecular weight excluding hydrogens is 661 g/mol. The molecule has 0 aliphatic rings. The molecule has 0 aliphatic heterocycles. The second kappa shape index (κ2) is 48.2. The first-order valence-electron chi connectivity index (χ1n) is 20.6. The van der Waals surface area contributed by atoms with E-state index in [1.165, 1.54) is 173 Å². The van der Waals surface area contributed by atoms with Crippen LogP contribution in [0.1, 0.15) is 227 Å². The number of rotatable bonds is 35. The van der Waals surface area contributed by atoms with Crippen molar-refractivity contribution in [3.05, 3.63) is 0 Å². The first-order chi connectivity index (χ1) is 20.8. The van der Waals surface area contributed by atoms with Gasteiger partial charge < -0.3 is 24.0 Å². The summed E-state index contributed by atoms with van der Waals surface area (Å²) in [6.07, 6.45) is 44.4. The minimum Gasteiger partial charge on any atom is -1.00 e. The second-order valence-corrected chi connectivity index (χ2v) is 19.1. The predicted molar refractivity (Wildman–Crippen MR) is 202 cm³/mol. The van der Waals surface area contributed by atoms with Gasteiger partial charge in [0.2, 0.25) is 0 Å². The molecule has 0 aromatic heterocycles. The Morgan fingerprint density at radius 1 is 0.279 bits per heavy atom. The van der Waals surface area contributed by atoms with Crippen LogP contribution < -0.4 is 24.0 Å². The largest absolute Gasteiger partial charge is 1.00 e. The Balaban J connectivity index is -0.000000779. The monoisotopic (exact) mass is 747 g/mol. The summed E-state index contributed by atoms with van der Waals surface area (Å²) in [5.74, 6) is 0. The molecule has 0 radical (unpaired) electrons. The van der Waals surface area contributed by atoms with Gasteiger partial charge in [-0.1, -0.05) is 152 Å². The molecular formula is C40H85Al2I. The summed E-state index contributed by atoms with van der Waals surface area (Å²) in [6, 6.07) is 0. The maximum Gasteiger partial charge on any atom is 0.261 e. The van der Waals surface area contributed by atoms with Gasteiger partial charge in [0.1, 0.15) is 0 Å². The van der Waals surface area contributed by atoms with E-state index >= 15 is 0 Å². The quantitative estimate of drug-likeness (QED) is 0.0344. The molecule has 0 atom stereocenters. The molecule has 0 saturated carbocycles. The van der Waals surface area contributed by atoms with Crippen LogP contribution in [0.3, 0.4) is 0 Å². The van der Waals surface area contributed by atoms with Gasteiger partial charge in [-0.15, -0.1) is 0 Å². The Kier molecular flexibility index (Phi) is 55.1. The van der Waals surface area contributed by atoms with Crippen molar-refractivity contribution in [3.8, 4) is 0 Å². The summed E-state index contributed by atoms with van der Waals surface area (Å²) in [6.45, 7) is 11.6.